The van der Waals surface area contributed by atoms with Gasteiger partial charge in [-0.2, -0.15) is 0 Å². The van der Waals surface area contributed by atoms with Crippen molar-refractivity contribution in [2.45, 2.75) is 34.8 Å². The first-order chi connectivity index (χ1) is 9.40. The molecule has 3 aromatic heterocycles. The summed E-state index contributed by atoms with van der Waals surface area (Å²) in [4.78, 5) is 10.1. The van der Waals surface area contributed by atoms with Gasteiger partial charge < -0.3 is 5.32 Å². The van der Waals surface area contributed by atoms with Gasteiger partial charge in [-0.25, -0.2) is 9.97 Å². The predicted molar refractivity (Wildman–Crippen MR) is 79.2 cm³/mol. The van der Waals surface area contributed by atoms with Gasteiger partial charge in [-0.1, -0.05) is 0 Å². The van der Waals surface area contributed by atoms with Crippen molar-refractivity contribution in [1.29, 1.82) is 0 Å². The molecule has 0 radical (unpaired) electrons. The second-order valence-corrected chi connectivity index (χ2v) is 7.48. The van der Waals surface area contributed by atoms with Gasteiger partial charge in [0.2, 0.25) is 0 Å². The molecule has 4 nitrogen and oxygen atoms in total. The number of thiazole rings is 2. The van der Waals surface area contributed by atoms with Crippen LogP contribution in [0.1, 0.15) is 18.5 Å². The third-order valence-electron chi connectivity index (χ3n) is 3.05. The van der Waals surface area contributed by atoms with Crippen molar-refractivity contribution >= 4 is 39.4 Å². The highest BCUT2D eigenvalue weighted by Gasteiger charge is 2.22. The molecule has 0 unspecified atom stereocenters. The van der Waals surface area contributed by atoms with Crippen molar-refractivity contribution in [2.24, 2.45) is 0 Å². The molecule has 1 fully saturated rings. The van der Waals surface area contributed by atoms with Gasteiger partial charge in [0, 0.05) is 35.7 Å². The van der Waals surface area contributed by atoms with E-state index < -0.39 is 0 Å². The van der Waals surface area contributed by atoms with Gasteiger partial charge in [-0.05, 0) is 24.6 Å². The molecule has 3 heterocycles. The summed E-state index contributed by atoms with van der Waals surface area (Å²) in [6.45, 7) is 0.885. The van der Waals surface area contributed by atoms with E-state index in [4.69, 9.17) is 4.98 Å². The molecular formula is C12H12N4S3. The molecule has 1 N–H and O–H groups in total. The number of nitrogens with one attached hydrogen (secondary N) is 1. The molecule has 0 amide bonds. The van der Waals surface area contributed by atoms with Crippen molar-refractivity contribution in [3.05, 3.63) is 28.8 Å². The summed E-state index contributed by atoms with van der Waals surface area (Å²) in [5.41, 5.74) is 1.25. The summed E-state index contributed by atoms with van der Waals surface area (Å²) in [6.07, 6.45) is 6.55. The maximum atomic E-state index is 4.72. The van der Waals surface area contributed by atoms with Gasteiger partial charge in [0.15, 0.2) is 9.30 Å². The van der Waals surface area contributed by atoms with Gasteiger partial charge in [0.05, 0.1) is 5.69 Å². The monoisotopic (exact) mass is 308 g/mol. The highest BCUT2D eigenvalue weighted by atomic mass is 32.2. The maximum Gasteiger partial charge on any atom is 0.194 e. The fourth-order valence-electron chi connectivity index (χ4n) is 1.93. The zero-order valence-corrected chi connectivity index (χ0v) is 12.5. The molecule has 0 saturated heterocycles. The quantitative estimate of drug-likeness (QED) is 0.785. The molecule has 0 bridgehead atoms. The van der Waals surface area contributed by atoms with Crippen LogP contribution in [-0.4, -0.2) is 20.4 Å². The van der Waals surface area contributed by atoms with E-state index in [0.717, 1.165) is 20.9 Å². The fraction of sp³-hybridized carbons (Fsp3) is 0.333. The van der Waals surface area contributed by atoms with Crippen LogP contribution in [0.3, 0.4) is 0 Å². The van der Waals surface area contributed by atoms with Gasteiger partial charge in [-0.3, -0.25) is 4.40 Å². The molecule has 7 heteroatoms. The SMILES string of the molecule is c1csc(Sc2nc3sccn3c2CNC2CC2)n1. The Morgan fingerprint density at radius 1 is 1.37 bits per heavy atom. The number of fused-ring (bicyclic) bond motifs is 1. The van der Waals surface area contributed by atoms with Crippen LogP contribution in [0, 0.1) is 0 Å². The molecule has 4 rings (SSSR count). The van der Waals surface area contributed by atoms with Crippen LogP contribution >= 0.6 is 34.4 Å². The van der Waals surface area contributed by atoms with Crippen LogP contribution in [0.25, 0.3) is 4.96 Å². The van der Waals surface area contributed by atoms with Crippen LogP contribution in [0.4, 0.5) is 0 Å². The first-order valence-electron chi connectivity index (χ1n) is 6.15. The summed E-state index contributed by atoms with van der Waals surface area (Å²) in [7, 11) is 0. The fourth-order valence-corrected chi connectivity index (χ4v) is 4.37. The Labute approximate surface area is 122 Å². The summed E-state index contributed by atoms with van der Waals surface area (Å²) in [6, 6.07) is 0.710. The predicted octanol–water partition coefficient (Wildman–Crippen LogP) is 3.26. The second-order valence-electron chi connectivity index (χ2n) is 4.47. The smallest absolute Gasteiger partial charge is 0.194 e. The first kappa shape index (κ1) is 11.9. The van der Waals surface area contributed by atoms with Crippen molar-refractivity contribution in [3.63, 3.8) is 0 Å². The van der Waals surface area contributed by atoms with E-state index in [0.29, 0.717) is 6.04 Å². The summed E-state index contributed by atoms with van der Waals surface area (Å²) in [5, 5.41) is 8.74. The topological polar surface area (TPSA) is 42.2 Å². The molecule has 98 valence electrons. The molecule has 1 aliphatic carbocycles. The van der Waals surface area contributed by atoms with Crippen LogP contribution in [0.5, 0.6) is 0 Å². The van der Waals surface area contributed by atoms with E-state index in [1.165, 1.54) is 18.5 Å². The van der Waals surface area contributed by atoms with E-state index in [2.05, 4.69) is 26.3 Å². The van der Waals surface area contributed by atoms with Crippen LogP contribution in [0.2, 0.25) is 0 Å². The molecule has 1 saturated carbocycles. The van der Waals surface area contributed by atoms with E-state index >= 15 is 0 Å². The second kappa shape index (κ2) is 4.90. The molecule has 0 spiro atoms. The number of rotatable bonds is 5. The average Bonchev–Trinajstić information content (AvgIpc) is 2.81. The summed E-state index contributed by atoms with van der Waals surface area (Å²) < 4.78 is 3.24. The third-order valence-corrected chi connectivity index (χ3v) is 5.71. The van der Waals surface area contributed by atoms with E-state index in [-0.39, 0.29) is 0 Å². The Hall–Kier alpha value is -0.890. The number of hydrogen-bond donors (Lipinski definition) is 1. The van der Waals surface area contributed by atoms with Gasteiger partial charge in [-0.15, -0.1) is 22.7 Å². The highest BCUT2D eigenvalue weighted by Crippen LogP contribution is 2.33. The minimum atomic E-state index is 0.710. The Morgan fingerprint density at radius 2 is 2.32 bits per heavy atom. The Balaban J connectivity index is 1.66. The number of nitrogens with zero attached hydrogens (tertiary/aromatic N) is 3. The third kappa shape index (κ3) is 2.43. The Bertz CT molecular complexity index is 681. The minimum Gasteiger partial charge on any atom is -0.308 e. The summed E-state index contributed by atoms with van der Waals surface area (Å²) in [5.74, 6) is 0. The lowest BCUT2D eigenvalue weighted by molar-refractivity contribution is 0.661. The number of hydrogen-bond acceptors (Lipinski definition) is 6. The number of aromatic nitrogens is 3. The van der Waals surface area contributed by atoms with Crippen LogP contribution in [-0.2, 0) is 6.54 Å². The lowest BCUT2D eigenvalue weighted by Gasteiger charge is -2.04. The Kier molecular flexibility index (Phi) is 3.07. The standard InChI is InChI=1S/C12H12N4S3/c1-2-8(1)14-7-9-10(19-12-13-3-5-18-12)15-11-16(9)4-6-17-11/h3-6,8,14H,1-2,7H2. The van der Waals surface area contributed by atoms with Crippen LogP contribution in [0.15, 0.2) is 32.5 Å². The molecule has 3 aromatic rings. The van der Waals surface area contributed by atoms with E-state index in [9.17, 15) is 0 Å². The van der Waals surface area contributed by atoms with Crippen molar-refractivity contribution in [1.82, 2.24) is 19.7 Å². The number of imidazole rings is 1. The van der Waals surface area contributed by atoms with Gasteiger partial charge >= 0.3 is 0 Å². The lowest BCUT2D eigenvalue weighted by atomic mass is 10.4. The van der Waals surface area contributed by atoms with E-state index in [1.54, 1.807) is 34.4 Å². The van der Waals surface area contributed by atoms with Crippen LogP contribution < -0.4 is 5.32 Å². The Morgan fingerprint density at radius 3 is 3.11 bits per heavy atom. The molecular weight excluding hydrogens is 296 g/mol. The first-order valence-corrected chi connectivity index (χ1v) is 8.73. The molecule has 0 atom stereocenters. The van der Waals surface area contributed by atoms with Gasteiger partial charge in [0.1, 0.15) is 5.03 Å². The average molecular weight is 308 g/mol. The molecule has 0 aliphatic heterocycles. The minimum absolute atomic E-state index is 0.710. The van der Waals surface area contributed by atoms with E-state index in [1.807, 2.05) is 11.6 Å². The zero-order chi connectivity index (χ0) is 12.7. The molecule has 0 aromatic carbocycles. The maximum absolute atomic E-state index is 4.72. The van der Waals surface area contributed by atoms with Crippen molar-refractivity contribution < 1.29 is 0 Å². The molecule has 19 heavy (non-hydrogen) atoms. The summed E-state index contributed by atoms with van der Waals surface area (Å²) >= 11 is 5.01. The van der Waals surface area contributed by atoms with Gasteiger partial charge in [0.25, 0.3) is 0 Å². The highest BCUT2D eigenvalue weighted by molar-refractivity contribution is 8.01. The lowest BCUT2D eigenvalue weighted by Crippen LogP contribution is -2.16. The largest absolute Gasteiger partial charge is 0.308 e. The zero-order valence-electron chi connectivity index (χ0n) is 10.1. The van der Waals surface area contributed by atoms with Crippen molar-refractivity contribution in [2.75, 3.05) is 0 Å². The molecule has 1 aliphatic rings. The van der Waals surface area contributed by atoms with Crippen molar-refractivity contribution in [3.8, 4) is 0 Å². The normalized spacial score (nSPS) is 15.4.